The third-order valence-corrected chi connectivity index (χ3v) is 6.49. The van der Waals surface area contributed by atoms with Crippen LogP contribution in [0.4, 0.5) is 5.69 Å². The van der Waals surface area contributed by atoms with Crippen LogP contribution in [0.3, 0.4) is 0 Å². The third-order valence-electron chi connectivity index (χ3n) is 5.05. The highest BCUT2D eigenvalue weighted by Gasteiger charge is 2.27. The zero-order chi connectivity index (χ0) is 21.3. The molecule has 156 valence electrons. The van der Waals surface area contributed by atoms with E-state index in [0.29, 0.717) is 41.9 Å². The molecule has 0 saturated carbocycles. The van der Waals surface area contributed by atoms with Crippen LogP contribution in [-0.4, -0.2) is 48.0 Å². The average molecular weight is 444 g/mol. The van der Waals surface area contributed by atoms with Crippen LogP contribution in [0.5, 0.6) is 0 Å². The van der Waals surface area contributed by atoms with Gasteiger partial charge in [0.15, 0.2) is 0 Å². The molecule has 2 amide bonds. The fourth-order valence-electron chi connectivity index (χ4n) is 3.62. The summed E-state index contributed by atoms with van der Waals surface area (Å²) in [5, 5.41) is 4.34. The lowest BCUT2D eigenvalue weighted by molar-refractivity contribution is -0.115. The van der Waals surface area contributed by atoms with E-state index in [1.807, 2.05) is 38.1 Å². The van der Waals surface area contributed by atoms with E-state index in [1.54, 1.807) is 11.0 Å². The Morgan fingerprint density at radius 1 is 1.23 bits per heavy atom. The number of morpholine rings is 1. The summed E-state index contributed by atoms with van der Waals surface area (Å²) in [6.07, 6.45) is 0.126. The second-order valence-corrected chi connectivity index (χ2v) is 8.69. The van der Waals surface area contributed by atoms with Crippen LogP contribution in [0.2, 0.25) is 5.02 Å². The van der Waals surface area contributed by atoms with Gasteiger partial charge < -0.3 is 15.0 Å². The number of nitrogens with one attached hydrogen (secondary N) is 1. The maximum atomic E-state index is 13.3. The van der Waals surface area contributed by atoms with Gasteiger partial charge in [-0.05, 0) is 37.1 Å². The van der Waals surface area contributed by atoms with Crippen LogP contribution in [0.1, 0.15) is 26.5 Å². The molecule has 0 radical (unpaired) electrons. The number of ether oxygens (including phenoxy) is 1. The number of halogens is 1. The Bertz CT molecular complexity index is 1120. The standard InChI is InChI=1S/C22H22ClN3O3S/c1-13-11-14(2)24-21-18(13)19(20(30-21)22(28)26-7-9-29-10-8-26)25-17(27)12-15-5-3-4-6-16(15)23/h3-6,11H,7-10,12H2,1-2H3,(H,25,27). The highest BCUT2D eigenvalue weighted by molar-refractivity contribution is 7.21. The molecular weight excluding hydrogens is 422 g/mol. The summed E-state index contributed by atoms with van der Waals surface area (Å²) in [4.78, 5) is 33.7. The van der Waals surface area contributed by atoms with Crippen molar-refractivity contribution in [2.45, 2.75) is 20.3 Å². The van der Waals surface area contributed by atoms with Crippen molar-refractivity contribution in [3.8, 4) is 0 Å². The van der Waals surface area contributed by atoms with Crippen molar-refractivity contribution < 1.29 is 14.3 Å². The van der Waals surface area contributed by atoms with E-state index in [-0.39, 0.29) is 18.2 Å². The van der Waals surface area contributed by atoms with E-state index in [9.17, 15) is 9.59 Å². The maximum absolute atomic E-state index is 13.3. The number of aromatic nitrogens is 1. The van der Waals surface area contributed by atoms with Crippen molar-refractivity contribution in [1.82, 2.24) is 9.88 Å². The molecule has 1 aliphatic heterocycles. The first-order valence-electron chi connectivity index (χ1n) is 9.75. The maximum Gasteiger partial charge on any atom is 0.266 e. The molecular formula is C22H22ClN3O3S. The van der Waals surface area contributed by atoms with Crippen LogP contribution in [-0.2, 0) is 16.0 Å². The normalized spacial score (nSPS) is 14.2. The van der Waals surface area contributed by atoms with Gasteiger partial charge in [-0.25, -0.2) is 4.98 Å². The monoisotopic (exact) mass is 443 g/mol. The second-order valence-electron chi connectivity index (χ2n) is 7.29. The summed E-state index contributed by atoms with van der Waals surface area (Å²) in [5.74, 6) is -0.329. The number of carbonyl (C=O) groups excluding carboxylic acids is 2. The zero-order valence-corrected chi connectivity index (χ0v) is 18.4. The minimum atomic E-state index is -0.223. The molecule has 6 nitrogen and oxygen atoms in total. The number of fused-ring (bicyclic) bond motifs is 1. The molecule has 0 atom stereocenters. The Hall–Kier alpha value is -2.48. The number of rotatable bonds is 4. The first-order chi connectivity index (χ1) is 14.4. The molecule has 0 unspecified atom stereocenters. The topological polar surface area (TPSA) is 71.5 Å². The van der Waals surface area contributed by atoms with Gasteiger partial charge in [0.1, 0.15) is 9.71 Å². The predicted octanol–water partition coefficient (Wildman–Crippen LogP) is 4.22. The fourth-order valence-corrected chi connectivity index (χ4v) is 5.04. The Morgan fingerprint density at radius 2 is 1.97 bits per heavy atom. The number of pyridine rings is 1. The van der Waals surface area contributed by atoms with Crippen molar-refractivity contribution in [3.63, 3.8) is 0 Å². The molecule has 3 heterocycles. The van der Waals surface area contributed by atoms with E-state index in [2.05, 4.69) is 10.3 Å². The molecule has 1 saturated heterocycles. The van der Waals surface area contributed by atoms with Crippen molar-refractivity contribution in [1.29, 1.82) is 0 Å². The van der Waals surface area contributed by atoms with Crippen molar-refractivity contribution in [2.75, 3.05) is 31.6 Å². The van der Waals surface area contributed by atoms with E-state index < -0.39 is 0 Å². The molecule has 0 aliphatic carbocycles. The van der Waals surface area contributed by atoms with Gasteiger partial charge in [-0.1, -0.05) is 29.8 Å². The summed E-state index contributed by atoms with van der Waals surface area (Å²) in [5.41, 5.74) is 3.12. The Balaban J connectivity index is 1.71. The number of nitrogens with zero attached hydrogens (tertiary/aromatic N) is 2. The Kier molecular flexibility index (Phi) is 6.04. The number of aryl methyl sites for hydroxylation is 2. The minimum absolute atomic E-state index is 0.105. The first-order valence-corrected chi connectivity index (χ1v) is 10.9. The molecule has 8 heteroatoms. The van der Waals surface area contributed by atoms with Crippen molar-refractivity contribution >= 4 is 50.7 Å². The highest BCUT2D eigenvalue weighted by Crippen LogP contribution is 2.38. The molecule has 4 rings (SSSR count). The molecule has 1 N–H and O–H groups in total. The van der Waals surface area contributed by atoms with Crippen LogP contribution in [0.15, 0.2) is 30.3 Å². The zero-order valence-electron chi connectivity index (χ0n) is 16.8. The Morgan fingerprint density at radius 3 is 2.70 bits per heavy atom. The van der Waals surface area contributed by atoms with Gasteiger partial charge in [-0.15, -0.1) is 11.3 Å². The molecule has 0 bridgehead atoms. The second kappa shape index (κ2) is 8.71. The average Bonchev–Trinajstić information content (AvgIpc) is 3.08. The van der Waals surface area contributed by atoms with Crippen LogP contribution in [0, 0.1) is 13.8 Å². The van der Waals surface area contributed by atoms with E-state index in [1.165, 1.54) is 11.3 Å². The summed E-state index contributed by atoms with van der Waals surface area (Å²) in [6, 6.07) is 9.21. The number of thiophene rings is 1. The van der Waals surface area contributed by atoms with Crippen LogP contribution >= 0.6 is 22.9 Å². The van der Waals surface area contributed by atoms with Gasteiger partial charge >= 0.3 is 0 Å². The summed E-state index contributed by atoms with van der Waals surface area (Å²) in [7, 11) is 0. The van der Waals surface area contributed by atoms with Crippen LogP contribution in [0.25, 0.3) is 10.2 Å². The molecule has 30 heavy (non-hydrogen) atoms. The molecule has 3 aromatic rings. The van der Waals surface area contributed by atoms with Gasteiger partial charge in [0, 0.05) is 29.2 Å². The molecule has 1 aliphatic rings. The van der Waals surface area contributed by atoms with E-state index in [0.717, 1.165) is 27.0 Å². The molecule has 1 fully saturated rings. The first kappa shape index (κ1) is 20.8. The number of hydrogen-bond donors (Lipinski definition) is 1. The van der Waals surface area contributed by atoms with Gasteiger partial charge in [-0.3, -0.25) is 9.59 Å². The van der Waals surface area contributed by atoms with E-state index in [4.69, 9.17) is 16.3 Å². The molecule has 0 spiro atoms. The van der Waals surface area contributed by atoms with Gasteiger partial charge in [0.25, 0.3) is 5.91 Å². The molecule has 1 aromatic carbocycles. The van der Waals surface area contributed by atoms with Crippen LogP contribution < -0.4 is 5.32 Å². The lowest BCUT2D eigenvalue weighted by Gasteiger charge is -2.26. The number of benzene rings is 1. The number of carbonyl (C=O) groups is 2. The highest BCUT2D eigenvalue weighted by atomic mass is 35.5. The lowest BCUT2D eigenvalue weighted by atomic mass is 10.1. The number of anilines is 1. The number of hydrogen-bond acceptors (Lipinski definition) is 5. The van der Waals surface area contributed by atoms with E-state index >= 15 is 0 Å². The summed E-state index contributed by atoms with van der Waals surface area (Å²) in [6.45, 7) is 5.99. The predicted molar refractivity (Wildman–Crippen MR) is 120 cm³/mol. The lowest BCUT2D eigenvalue weighted by Crippen LogP contribution is -2.40. The van der Waals surface area contributed by atoms with Gasteiger partial charge in [-0.2, -0.15) is 0 Å². The van der Waals surface area contributed by atoms with Gasteiger partial charge in [0.05, 0.1) is 25.3 Å². The largest absolute Gasteiger partial charge is 0.378 e. The van der Waals surface area contributed by atoms with Gasteiger partial charge in [0.2, 0.25) is 5.91 Å². The Labute approximate surface area is 183 Å². The number of amides is 2. The van der Waals surface area contributed by atoms with Crippen molar-refractivity contribution in [2.24, 2.45) is 0 Å². The fraction of sp³-hybridized carbons (Fsp3) is 0.318. The van der Waals surface area contributed by atoms with Crippen molar-refractivity contribution in [3.05, 3.63) is 57.1 Å². The summed E-state index contributed by atoms with van der Waals surface area (Å²) >= 11 is 7.53. The smallest absolute Gasteiger partial charge is 0.266 e. The molecule has 2 aromatic heterocycles. The third kappa shape index (κ3) is 4.19. The minimum Gasteiger partial charge on any atom is -0.378 e. The summed E-state index contributed by atoms with van der Waals surface area (Å²) < 4.78 is 5.37. The quantitative estimate of drug-likeness (QED) is 0.655. The SMILES string of the molecule is Cc1cc(C)c2c(NC(=O)Cc3ccccc3Cl)c(C(=O)N3CCOCC3)sc2n1.